The number of ether oxygens (including phenoxy) is 2. The molecule has 138 valence electrons. The predicted octanol–water partition coefficient (Wildman–Crippen LogP) is 4.51. The van der Waals surface area contributed by atoms with Crippen LogP contribution in [0.25, 0.3) is 5.57 Å². The van der Waals surface area contributed by atoms with E-state index in [9.17, 15) is 26.7 Å². The largest absolute Gasteiger partial charge is 0.493 e. The van der Waals surface area contributed by atoms with E-state index < -0.39 is 47.3 Å². The number of rotatable bonds is 3. The molecule has 0 bridgehead atoms. The van der Waals surface area contributed by atoms with Crippen LogP contribution in [0, 0.1) is 23.0 Å². The SMILES string of the molecule is COC(=O)C1=C(c2ccc(F)c(F)c2OC)CC(C)(C(F)(F)F)C1C. The molecule has 2 unspecified atom stereocenters. The lowest BCUT2D eigenvalue weighted by Crippen LogP contribution is -2.39. The Morgan fingerprint density at radius 2 is 1.84 bits per heavy atom. The van der Waals surface area contributed by atoms with E-state index in [0.29, 0.717) is 0 Å². The molecule has 0 radical (unpaired) electrons. The first-order valence-corrected chi connectivity index (χ1v) is 7.40. The van der Waals surface area contributed by atoms with Crippen molar-refractivity contribution in [2.45, 2.75) is 26.4 Å². The number of alkyl halides is 3. The van der Waals surface area contributed by atoms with Gasteiger partial charge in [0.2, 0.25) is 5.82 Å². The van der Waals surface area contributed by atoms with E-state index in [0.717, 1.165) is 33.3 Å². The summed E-state index contributed by atoms with van der Waals surface area (Å²) in [6.07, 6.45) is -5.19. The van der Waals surface area contributed by atoms with Crippen molar-refractivity contribution >= 4 is 11.5 Å². The molecule has 2 rings (SSSR count). The van der Waals surface area contributed by atoms with Crippen LogP contribution in [-0.4, -0.2) is 26.4 Å². The topological polar surface area (TPSA) is 35.5 Å². The second-order valence-electron chi connectivity index (χ2n) is 6.14. The molecule has 1 aromatic rings. The molecule has 0 heterocycles. The molecule has 1 aliphatic rings. The Hall–Kier alpha value is -2.12. The molecule has 0 saturated carbocycles. The van der Waals surface area contributed by atoms with Gasteiger partial charge >= 0.3 is 12.1 Å². The average Bonchev–Trinajstić information content (AvgIpc) is 2.81. The first kappa shape index (κ1) is 19.2. The van der Waals surface area contributed by atoms with Gasteiger partial charge in [-0.25, -0.2) is 9.18 Å². The number of allylic oxidation sites excluding steroid dienone is 1. The summed E-state index contributed by atoms with van der Waals surface area (Å²) in [5.41, 5.74) is -2.62. The third-order valence-corrected chi connectivity index (χ3v) is 4.89. The van der Waals surface area contributed by atoms with Crippen LogP contribution < -0.4 is 4.74 Å². The molecular formula is C17H17F5O3. The minimum absolute atomic E-state index is 0.0603. The Morgan fingerprint density at radius 3 is 2.32 bits per heavy atom. The summed E-state index contributed by atoms with van der Waals surface area (Å²) in [6, 6.07) is 1.88. The predicted molar refractivity (Wildman–Crippen MR) is 79.8 cm³/mol. The van der Waals surface area contributed by atoms with Gasteiger partial charge in [0.1, 0.15) is 0 Å². The fourth-order valence-corrected chi connectivity index (χ4v) is 3.16. The number of halogens is 5. The normalized spacial score (nSPS) is 23.8. The molecule has 2 atom stereocenters. The highest BCUT2D eigenvalue weighted by molar-refractivity contribution is 6.00. The van der Waals surface area contributed by atoms with Crippen LogP contribution in [0.3, 0.4) is 0 Å². The highest BCUT2D eigenvalue weighted by Crippen LogP contribution is 2.59. The van der Waals surface area contributed by atoms with Crippen molar-refractivity contribution in [3.8, 4) is 5.75 Å². The number of carbonyl (C=O) groups excluding carboxylic acids is 1. The van der Waals surface area contributed by atoms with Gasteiger partial charge in [-0.3, -0.25) is 0 Å². The standard InChI is InChI=1S/C17H17F5O3/c1-8-12(15(23)25-4)10(7-16(8,2)17(20,21)22)9-5-6-11(18)13(19)14(9)24-3/h5-6,8H,7H2,1-4H3. The van der Waals surface area contributed by atoms with Gasteiger partial charge in [0.15, 0.2) is 11.6 Å². The van der Waals surface area contributed by atoms with Crippen LogP contribution in [0.5, 0.6) is 5.75 Å². The van der Waals surface area contributed by atoms with Gasteiger partial charge in [0, 0.05) is 17.1 Å². The zero-order valence-electron chi connectivity index (χ0n) is 14.1. The number of methoxy groups -OCH3 is 2. The Bertz CT molecular complexity index is 739. The van der Waals surface area contributed by atoms with E-state index in [-0.39, 0.29) is 16.7 Å². The maximum atomic E-state index is 14.0. The zero-order valence-corrected chi connectivity index (χ0v) is 14.1. The fraction of sp³-hybridized carbons (Fsp3) is 0.471. The van der Waals surface area contributed by atoms with Gasteiger partial charge in [-0.1, -0.05) is 13.8 Å². The smallest absolute Gasteiger partial charge is 0.395 e. The van der Waals surface area contributed by atoms with Gasteiger partial charge in [-0.15, -0.1) is 0 Å². The Morgan fingerprint density at radius 1 is 1.24 bits per heavy atom. The molecule has 0 aromatic heterocycles. The lowest BCUT2D eigenvalue weighted by molar-refractivity contribution is -0.225. The molecule has 1 aromatic carbocycles. The fourth-order valence-electron chi connectivity index (χ4n) is 3.16. The highest BCUT2D eigenvalue weighted by atomic mass is 19.4. The first-order chi connectivity index (χ1) is 11.5. The number of hydrogen-bond donors (Lipinski definition) is 0. The lowest BCUT2D eigenvalue weighted by atomic mass is 9.77. The minimum atomic E-state index is -4.61. The second kappa shape index (κ2) is 6.31. The summed E-state index contributed by atoms with van der Waals surface area (Å²) in [5, 5.41) is 0. The number of hydrogen-bond acceptors (Lipinski definition) is 3. The molecule has 3 nitrogen and oxygen atoms in total. The van der Waals surface area contributed by atoms with Crippen molar-refractivity contribution in [3.63, 3.8) is 0 Å². The molecule has 0 fully saturated rings. The van der Waals surface area contributed by atoms with E-state index in [1.165, 1.54) is 6.92 Å². The van der Waals surface area contributed by atoms with Gasteiger partial charge in [0.25, 0.3) is 0 Å². The zero-order chi connectivity index (χ0) is 19.2. The molecule has 1 aliphatic carbocycles. The quantitative estimate of drug-likeness (QED) is 0.585. The van der Waals surface area contributed by atoms with Gasteiger partial charge in [-0.05, 0) is 24.1 Å². The van der Waals surface area contributed by atoms with Crippen LogP contribution >= 0.6 is 0 Å². The van der Waals surface area contributed by atoms with Gasteiger partial charge in [0.05, 0.1) is 19.6 Å². The molecule has 0 N–H and O–H groups in total. The first-order valence-electron chi connectivity index (χ1n) is 7.40. The molecule has 8 heteroatoms. The van der Waals surface area contributed by atoms with Crippen LogP contribution in [-0.2, 0) is 9.53 Å². The number of esters is 1. The third-order valence-electron chi connectivity index (χ3n) is 4.89. The van der Waals surface area contributed by atoms with Crippen molar-refractivity contribution in [2.75, 3.05) is 14.2 Å². The summed E-state index contributed by atoms with van der Waals surface area (Å²) in [7, 11) is 2.12. The average molecular weight is 364 g/mol. The summed E-state index contributed by atoms with van der Waals surface area (Å²) < 4.78 is 77.7. The Balaban J connectivity index is 2.74. The second-order valence-corrected chi connectivity index (χ2v) is 6.14. The van der Waals surface area contributed by atoms with Crippen LogP contribution in [0.15, 0.2) is 17.7 Å². The number of benzene rings is 1. The Labute approximate surface area is 141 Å². The van der Waals surface area contributed by atoms with E-state index in [1.54, 1.807) is 0 Å². The summed E-state index contributed by atoms with van der Waals surface area (Å²) in [6.45, 7) is 2.25. The van der Waals surface area contributed by atoms with Gasteiger partial charge in [-0.2, -0.15) is 17.6 Å². The van der Waals surface area contributed by atoms with Crippen LogP contribution in [0.2, 0.25) is 0 Å². The van der Waals surface area contributed by atoms with Crippen molar-refractivity contribution in [2.24, 2.45) is 11.3 Å². The van der Waals surface area contributed by atoms with E-state index in [1.807, 2.05) is 0 Å². The maximum Gasteiger partial charge on any atom is 0.395 e. The Kier molecular flexibility index (Phi) is 4.85. The summed E-state index contributed by atoms with van der Waals surface area (Å²) >= 11 is 0. The van der Waals surface area contributed by atoms with Gasteiger partial charge < -0.3 is 9.47 Å². The maximum absolute atomic E-state index is 14.0. The van der Waals surface area contributed by atoms with E-state index in [4.69, 9.17) is 4.74 Å². The highest BCUT2D eigenvalue weighted by Gasteiger charge is 2.60. The van der Waals surface area contributed by atoms with Crippen molar-refractivity contribution < 1.29 is 36.2 Å². The van der Waals surface area contributed by atoms with E-state index in [2.05, 4.69) is 4.74 Å². The molecule has 0 amide bonds. The number of carbonyl (C=O) groups is 1. The van der Waals surface area contributed by atoms with Crippen molar-refractivity contribution in [1.29, 1.82) is 0 Å². The summed E-state index contributed by atoms with van der Waals surface area (Å²) in [5.74, 6) is -5.25. The minimum Gasteiger partial charge on any atom is -0.493 e. The monoisotopic (exact) mass is 364 g/mol. The lowest BCUT2D eigenvalue weighted by Gasteiger charge is -2.32. The van der Waals surface area contributed by atoms with Crippen LogP contribution in [0.4, 0.5) is 22.0 Å². The van der Waals surface area contributed by atoms with Crippen LogP contribution in [0.1, 0.15) is 25.8 Å². The third kappa shape index (κ3) is 2.87. The summed E-state index contributed by atoms with van der Waals surface area (Å²) in [4.78, 5) is 12.1. The molecule has 0 spiro atoms. The molecule has 0 saturated heterocycles. The van der Waals surface area contributed by atoms with E-state index >= 15 is 0 Å². The van der Waals surface area contributed by atoms with Crippen molar-refractivity contribution in [3.05, 3.63) is 34.9 Å². The molecule has 0 aliphatic heterocycles. The molecule has 25 heavy (non-hydrogen) atoms. The van der Waals surface area contributed by atoms with Crippen molar-refractivity contribution in [1.82, 2.24) is 0 Å². The molecular weight excluding hydrogens is 347 g/mol.